The Bertz CT molecular complexity index is 1100. The maximum atomic E-state index is 13.6. The van der Waals surface area contributed by atoms with Gasteiger partial charge in [-0.2, -0.15) is 0 Å². The number of rotatable bonds is 9. The van der Waals surface area contributed by atoms with Crippen molar-refractivity contribution >= 4 is 29.0 Å². The number of nitrogens with one attached hydrogen (secondary N) is 1. The van der Waals surface area contributed by atoms with E-state index in [1.807, 2.05) is 12.1 Å². The van der Waals surface area contributed by atoms with Crippen LogP contribution in [0, 0.1) is 5.41 Å². The predicted octanol–water partition coefficient (Wildman–Crippen LogP) is 6.36. The van der Waals surface area contributed by atoms with Crippen LogP contribution >= 0.6 is 0 Å². The van der Waals surface area contributed by atoms with Crippen LogP contribution in [0.3, 0.4) is 0 Å². The van der Waals surface area contributed by atoms with Crippen molar-refractivity contribution in [1.82, 2.24) is 0 Å². The first-order valence-electron chi connectivity index (χ1n) is 12.5. The van der Waals surface area contributed by atoms with Gasteiger partial charge in [0, 0.05) is 11.4 Å². The lowest BCUT2D eigenvalue weighted by atomic mass is 9.63. The van der Waals surface area contributed by atoms with Crippen LogP contribution in [0.1, 0.15) is 94.6 Å². The highest BCUT2D eigenvalue weighted by molar-refractivity contribution is 6.45. The van der Waals surface area contributed by atoms with Crippen molar-refractivity contribution in [3.05, 3.63) is 59.2 Å². The van der Waals surface area contributed by atoms with E-state index in [1.54, 1.807) is 12.1 Å². The molecule has 0 saturated carbocycles. The fraction of sp³-hybridized carbons (Fsp3) is 0.483. The van der Waals surface area contributed by atoms with E-state index in [0.717, 1.165) is 32.1 Å². The zero-order valence-electron chi connectivity index (χ0n) is 21.5. The summed E-state index contributed by atoms with van der Waals surface area (Å²) in [6.07, 6.45) is 3.94. The average molecular weight is 479 g/mol. The molecule has 35 heavy (non-hydrogen) atoms. The van der Waals surface area contributed by atoms with E-state index in [-0.39, 0.29) is 22.1 Å². The Morgan fingerprint density at radius 1 is 0.943 bits per heavy atom. The molecule has 3 N–H and O–H groups in total. The predicted molar refractivity (Wildman–Crippen MR) is 140 cm³/mol. The van der Waals surface area contributed by atoms with Crippen molar-refractivity contribution in [2.45, 2.75) is 90.1 Å². The number of benzene rings is 2. The SMILES string of the molecule is CCCCCC(O)C(=N)C(=O)N(c1ccc(C(=O)O)cc1)c1ccc2c(c1)C(C)(C)CCC2(C)C. The third kappa shape index (κ3) is 5.64. The molecule has 2 aromatic rings. The second-order valence-corrected chi connectivity index (χ2v) is 10.9. The molecule has 3 rings (SSSR count). The van der Waals surface area contributed by atoms with Crippen molar-refractivity contribution in [1.29, 1.82) is 5.41 Å². The summed E-state index contributed by atoms with van der Waals surface area (Å²) >= 11 is 0. The first-order valence-corrected chi connectivity index (χ1v) is 12.5. The third-order valence-corrected chi connectivity index (χ3v) is 7.31. The van der Waals surface area contributed by atoms with Gasteiger partial charge in [-0.15, -0.1) is 0 Å². The Hall–Kier alpha value is -2.99. The zero-order valence-corrected chi connectivity index (χ0v) is 21.5. The lowest BCUT2D eigenvalue weighted by molar-refractivity contribution is -0.112. The normalized spacial score (nSPS) is 16.7. The largest absolute Gasteiger partial charge is 0.478 e. The van der Waals surface area contributed by atoms with Gasteiger partial charge in [0.25, 0.3) is 5.91 Å². The lowest BCUT2D eigenvalue weighted by Crippen LogP contribution is -2.39. The van der Waals surface area contributed by atoms with Gasteiger partial charge in [-0.3, -0.25) is 15.1 Å². The van der Waals surface area contributed by atoms with E-state index in [9.17, 15) is 19.8 Å². The van der Waals surface area contributed by atoms with E-state index < -0.39 is 18.0 Å². The molecule has 0 aromatic heterocycles. The number of carbonyl (C=O) groups excluding carboxylic acids is 1. The van der Waals surface area contributed by atoms with Crippen molar-refractivity contribution in [2.24, 2.45) is 0 Å². The van der Waals surface area contributed by atoms with Crippen LogP contribution < -0.4 is 4.90 Å². The minimum Gasteiger partial charge on any atom is -0.478 e. The molecular weight excluding hydrogens is 440 g/mol. The van der Waals surface area contributed by atoms with Crippen LogP contribution in [0.4, 0.5) is 11.4 Å². The molecule has 0 bridgehead atoms. The highest BCUT2D eigenvalue weighted by Crippen LogP contribution is 2.47. The molecule has 1 aliphatic carbocycles. The molecule has 2 aromatic carbocycles. The van der Waals surface area contributed by atoms with Crippen LogP contribution in [-0.4, -0.2) is 33.9 Å². The van der Waals surface area contributed by atoms with Gasteiger partial charge in [0.1, 0.15) is 11.8 Å². The van der Waals surface area contributed by atoms with E-state index in [2.05, 4.69) is 40.7 Å². The van der Waals surface area contributed by atoms with Gasteiger partial charge >= 0.3 is 5.97 Å². The molecular formula is C29H38N2O4. The number of carboxylic acid groups (broad SMARTS) is 1. The van der Waals surface area contributed by atoms with Gasteiger partial charge in [0.15, 0.2) is 0 Å². The van der Waals surface area contributed by atoms with Gasteiger partial charge in [-0.05, 0) is 77.6 Å². The monoisotopic (exact) mass is 478 g/mol. The quantitative estimate of drug-likeness (QED) is 0.288. The molecule has 1 amide bonds. The molecule has 1 aliphatic rings. The number of amides is 1. The van der Waals surface area contributed by atoms with Gasteiger partial charge < -0.3 is 10.2 Å². The Balaban J connectivity index is 2.08. The van der Waals surface area contributed by atoms with Crippen LogP contribution in [0.15, 0.2) is 42.5 Å². The fourth-order valence-corrected chi connectivity index (χ4v) is 4.85. The number of hydrogen-bond acceptors (Lipinski definition) is 4. The molecule has 1 unspecified atom stereocenters. The number of aromatic carboxylic acids is 1. The second kappa shape index (κ2) is 10.3. The van der Waals surface area contributed by atoms with Gasteiger partial charge in [0.2, 0.25) is 0 Å². The number of fused-ring (bicyclic) bond motifs is 1. The smallest absolute Gasteiger partial charge is 0.335 e. The summed E-state index contributed by atoms with van der Waals surface area (Å²) < 4.78 is 0. The second-order valence-electron chi connectivity index (χ2n) is 10.9. The van der Waals surface area contributed by atoms with Gasteiger partial charge in [0.05, 0.1) is 5.56 Å². The van der Waals surface area contributed by atoms with Gasteiger partial charge in [-0.25, -0.2) is 4.79 Å². The Morgan fingerprint density at radius 2 is 1.51 bits per heavy atom. The number of unbranched alkanes of at least 4 members (excludes halogenated alkanes) is 2. The molecule has 6 heteroatoms. The highest BCUT2D eigenvalue weighted by atomic mass is 16.4. The number of carbonyl (C=O) groups is 2. The number of carboxylic acids is 1. The summed E-state index contributed by atoms with van der Waals surface area (Å²) in [5.74, 6) is -1.66. The maximum absolute atomic E-state index is 13.6. The van der Waals surface area contributed by atoms with E-state index in [0.29, 0.717) is 17.8 Å². The standard InChI is InChI=1S/C29H38N2O4/c1-6-7-8-9-24(32)25(30)26(33)31(20-12-10-19(11-13-20)27(34)35)21-14-15-22-23(18-21)29(4,5)17-16-28(22,2)3/h10-15,18,24,30,32H,6-9,16-17H2,1-5H3,(H,34,35). The minimum atomic E-state index is -1.15. The molecule has 6 nitrogen and oxygen atoms in total. The number of hydrogen-bond donors (Lipinski definition) is 3. The van der Waals surface area contributed by atoms with Crippen LogP contribution in [0.2, 0.25) is 0 Å². The van der Waals surface area contributed by atoms with E-state index >= 15 is 0 Å². The number of anilines is 2. The Morgan fingerprint density at radius 3 is 2.09 bits per heavy atom. The number of aliphatic hydroxyl groups is 1. The van der Waals surface area contributed by atoms with Crippen LogP contribution in [-0.2, 0) is 15.6 Å². The Kier molecular flexibility index (Phi) is 7.85. The van der Waals surface area contributed by atoms with Crippen LogP contribution in [0.25, 0.3) is 0 Å². The zero-order chi connectivity index (χ0) is 26.0. The third-order valence-electron chi connectivity index (χ3n) is 7.31. The number of nitrogens with zero attached hydrogens (tertiary/aromatic N) is 1. The topological polar surface area (TPSA) is 102 Å². The summed E-state index contributed by atoms with van der Waals surface area (Å²) in [6.45, 7) is 10.9. The summed E-state index contributed by atoms with van der Waals surface area (Å²) in [5, 5.41) is 28.3. The Labute approximate surface area is 208 Å². The maximum Gasteiger partial charge on any atom is 0.335 e. The molecule has 0 saturated heterocycles. The molecule has 188 valence electrons. The minimum absolute atomic E-state index is 0.0174. The first-order chi connectivity index (χ1) is 16.4. The molecule has 0 fully saturated rings. The summed E-state index contributed by atoms with van der Waals surface area (Å²) in [6, 6.07) is 12.0. The van der Waals surface area contributed by atoms with Crippen molar-refractivity contribution in [3.8, 4) is 0 Å². The molecule has 1 atom stereocenters. The summed E-state index contributed by atoms with van der Waals surface area (Å²) in [7, 11) is 0. The van der Waals surface area contributed by atoms with E-state index in [1.165, 1.54) is 28.2 Å². The molecule has 0 radical (unpaired) electrons. The average Bonchev–Trinajstić information content (AvgIpc) is 2.82. The lowest BCUT2D eigenvalue weighted by Gasteiger charge is -2.42. The summed E-state index contributed by atoms with van der Waals surface area (Å²) in [5.41, 5.74) is 3.18. The fourth-order valence-electron chi connectivity index (χ4n) is 4.85. The highest BCUT2D eigenvalue weighted by Gasteiger charge is 2.38. The summed E-state index contributed by atoms with van der Waals surface area (Å²) in [4.78, 5) is 26.4. The van der Waals surface area contributed by atoms with Crippen molar-refractivity contribution in [2.75, 3.05) is 4.90 Å². The molecule has 0 spiro atoms. The van der Waals surface area contributed by atoms with Gasteiger partial charge in [-0.1, -0.05) is 59.9 Å². The van der Waals surface area contributed by atoms with Crippen molar-refractivity contribution < 1.29 is 19.8 Å². The van der Waals surface area contributed by atoms with Crippen LogP contribution in [0.5, 0.6) is 0 Å². The van der Waals surface area contributed by atoms with Crippen molar-refractivity contribution in [3.63, 3.8) is 0 Å². The number of aliphatic hydroxyl groups excluding tert-OH is 1. The molecule has 0 heterocycles. The first kappa shape index (κ1) is 26.6. The van der Waals surface area contributed by atoms with E-state index in [4.69, 9.17) is 5.41 Å². The molecule has 0 aliphatic heterocycles.